The van der Waals surface area contributed by atoms with Crippen molar-refractivity contribution >= 4 is 50.6 Å². The molecule has 0 saturated carbocycles. The SMILES string of the molecule is CCOC(=O)c1csc2nc(Cl)nc(N(C)c3ccccc3)c12. The van der Waals surface area contributed by atoms with E-state index in [1.54, 1.807) is 12.3 Å². The van der Waals surface area contributed by atoms with Gasteiger partial charge in [0.15, 0.2) is 0 Å². The minimum atomic E-state index is -0.382. The minimum Gasteiger partial charge on any atom is -0.462 e. The van der Waals surface area contributed by atoms with Gasteiger partial charge in [-0.1, -0.05) is 18.2 Å². The number of halogens is 1. The standard InChI is InChI=1S/C16H14ClN3O2S/c1-3-22-15(21)11-9-23-14-12(11)13(18-16(17)19-14)20(2)10-7-5-4-6-8-10/h4-9H,3H2,1-2H3. The summed E-state index contributed by atoms with van der Waals surface area (Å²) in [6, 6.07) is 9.72. The molecule has 0 N–H and O–H groups in total. The van der Waals surface area contributed by atoms with Crippen molar-refractivity contribution in [3.05, 3.63) is 46.6 Å². The molecule has 23 heavy (non-hydrogen) atoms. The van der Waals surface area contributed by atoms with Gasteiger partial charge >= 0.3 is 5.97 Å². The number of benzene rings is 1. The number of hydrogen-bond donors (Lipinski definition) is 0. The quantitative estimate of drug-likeness (QED) is 0.520. The van der Waals surface area contributed by atoms with E-state index >= 15 is 0 Å². The van der Waals surface area contributed by atoms with Crippen LogP contribution in [0.1, 0.15) is 17.3 Å². The molecule has 0 aliphatic rings. The summed E-state index contributed by atoms with van der Waals surface area (Å²) in [4.78, 5) is 23.3. The second-order valence-electron chi connectivity index (χ2n) is 4.76. The predicted molar refractivity (Wildman–Crippen MR) is 92.9 cm³/mol. The number of fused-ring (bicyclic) bond motifs is 1. The van der Waals surface area contributed by atoms with Crippen LogP contribution in [0.4, 0.5) is 11.5 Å². The highest BCUT2D eigenvalue weighted by molar-refractivity contribution is 7.17. The van der Waals surface area contributed by atoms with Gasteiger partial charge in [0.05, 0.1) is 17.6 Å². The molecular formula is C16H14ClN3O2S. The third kappa shape index (κ3) is 3.00. The fourth-order valence-electron chi connectivity index (χ4n) is 2.27. The number of thiophene rings is 1. The Bertz CT molecular complexity index is 851. The number of hydrogen-bond acceptors (Lipinski definition) is 6. The van der Waals surface area contributed by atoms with Gasteiger partial charge in [-0.15, -0.1) is 11.3 Å². The van der Waals surface area contributed by atoms with Crippen molar-refractivity contribution in [2.24, 2.45) is 0 Å². The lowest BCUT2D eigenvalue weighted by Gasteiger charge is -2.19. The number of carbonyl (C=O) groups excluding carboxylic acids is 1. The van der Waals surface area contributed by atoms with Crippen LogP contribution in [0.15, 0.2) is 35.7 Å². The first-order valence-corrected chi connectivity index (χ1v) is 8.28. The number of aromatic nitrogens is 2. The average molecular weight is 348 g/mol. The van der Waals surface area contributed by atoms with Gasteiger partial charge in [-0.25, -0.2) is 9.78 Å². The number of carbonyl (C=O) groups is 1. The van der Waals surface area contributed by atoms with Crippen molar-refractivity contribution in [1.82, 2.24) is 9.97 Å². The van der Waals surface area contributed by atoms with E-state index in [1.165, 1.54) is 11.3 Å². The van der Waals surface area contributed by atoms with Gasteiger partial charge in [-0.2, -0.15) is 4.98 Å². The zero-order valence-electron chi connectivity index (χ0n) is 12.6. The van der Waals surface area contributed by atoms with Crippen molar-refractivity contribution in [2.45, 2.75) is 6.92 Å². The molecule has 0 unspecified atom stereocenters. The van der Waals surface area contributed by atoms with Crippen LogP contribution < -0.4 is 4.90 Å². The normalized spacial score (nSPS) is 10.7. The number of para-hydroxylation sites is 1. The van der Waals surface area contributed by atoms with Gasteiger partial charge < -0.3 is 9.64 Å². The summed E-state index contributed by atoms with van der Waals surface area (Å²) in [6.45, 7) is 2.09. The van der Waals surface area contributed by atoms with E-state index in [-0.39, 0.29) is 11.3 Å². The molecule has 5 nitrogen and oxygen atoms in total. The molecule has 3 aromatic rings. The maximum Gasteiger partial charge on any atom is 0.339 e. The molecule has 118 valence electrons. The molecule has 0 radical (unpaired) electrons. The monoisotopic (exact) mass is 347 g/mol. The van der Waals surface area contributed by atoms with Gasteiger partial charge in [0.2, 0.25) is 5.28 Å². The summed E-state index contributed by atoms with van der Waals surface area (Å²) in [7, 11) is 1.88. The van der Waals surface area contributed by atoms with E-state index in [9.17, 15) is 4.79 Å². The van der Waals surface area contributed by atoms with Crippen molar-refractivity contribution in [3.8, 4) is 0 Å². The van der Waals surface area contributed by atoms with Crippen LogP contribution in [0.5, 0.6) is 0 Å². The molecule has 0 spiro atoms. The molecule has 7 heteroatoms. The van der Waals surface area contributed by atoms with Gasteiger partial charge in [0, 0.05) is 18.1 Å². The van der Waals surface area contributed by atoms with Crippen molar-refractivity contribution in [1.29, 1.82) is 0 Å². The van der Waals surface area contributed by atoms with Crippen molar-refractivity contribution in [2.75, 3.05) is 18.6 Å². The lowest BCUT2D eigenvalue weighted by Crippen LogP contribution is -2.13. The summed E-state index contributed by atoms with van der Waals surface area (Å²) in [6.07, 6.45) is 0. The maximum atomic E-state index is 12.2. The Morgan fingerprint density at radius 1 is 1.30 bits per heavy atom. The Balaban J connectivity index is 2.19. The van der Waals surface area contributed by atoms with Crippen LogP contribution in [-0.2, 0) is 4.74 Å². The summed E-state index contributed by atoms with van der Waals surface area (Å²) >= 11 is 7.39. The van der Waals surface area contributed by atoms with Gasteiger partial charge in [-0.05, 0) is 30.7 Å². The van der Waals surface area contributed by atoms with Crippen molar-refractivity contribution in [3.63, 3.8) is 0 Å². The minimum absolute atomic E-state index is 0.146. The first-order chi connectivity index (χ1) is 11.1. The van der Waals surface area contributed by atoms with Crippen molar-refractivity contribution < 1.29 is 9.53 Å². The second kappa shape index (κ2) is 6.52. The van der Waals surface area contributed by atoms with E-state index in [0.717, 1.165) is 5.69 Å². The highest BCUT2D eigenvalue weighted by Gasteiger charge is 2.21. The van der Waals surface area contributed by atoms with Crippen LogP contribution in [0.3, 0.4) is 0 Å². The topological polar surface area (TPSA) is 55.3 Å². The maximum absolute atomic E-state index is 12.2. The third-order valence-corrected chi connectivity index (χ3v) is 4.38. The van der Waals surface area contributed by atoms with Crippen LogP contribution >= 0.6 is 22.9 Å². The fraction of sp³-hybridized carbons (Fsp3) is 0.188. The molecule has 1 aromatic carbocycles. The summed E-state index contributed by atoms with van der Waals surface area (Å²) in [5.41, 5.74) is 1.39. The van der Waals surface area contributed by atoms with Crippen LogP contribution in [-0.4, -0.2) is 29.6 Å². The molecule has 2 aromatic heterocycles. The smallest absolute Gasteiger partial charge is 0.339 e. The lowest BCUT2D eigenvalue weighted by atomic mass is 10.2. The van der Waals surface area contributed by atoms with Crippen LogP contribution in [0, 0.1) is 0 Å². The third-order valence-electron chi connectivity index (χ3n) is 3.34. The van der Waals surface area contributed by atoms with Gasteiger partial charge in [0.25, 0.3) is 0 Å². The largest absolute Gasteiger partial charge is 0.462 e. The Morgan fingerprint density at radius 2 is 2.04 bits per heavy atom. The molecule has 3 rings (SSSR count). The summed E-state index contributed by atoms with van der Waals surface area (Å²) in [5.74, 6) is 0.197. The molecule has 0 atom stereocenters. The van der Waals surface area contributed by atoms with Gasteiger partial charge in [0.1, 0.15) is 10.6 Å². The molecule has 2 heterocycles. The van der Waals surface area contributed by atoms with E-state index in [4.69, 9.17) is 16.3 Å². The Labute approximate surface area is 142 Å². The molecular weight excluding hydrogens is 334 g/mol. The lowest BCUT2D eigenvalue weighted by molar-refractivity contribution is 0.0529. The summed E-state index contributed by atoms with van der Waals surface area (Å²) < 4.78 is 5.13. The number of rotatable bonds is 4. The zero-order chi connectivity index (χ0) is 16.4. The Hall–Kier alpha value is -2.18. The molecule has 0 fully saturated rings. The highest BCUT2D eigenvalue weighted by atomic mass is 35.5. The molecule has 0 aliphatic heterocycles. The van der Waals surface area contributed by atoms with Crippen LogP contribution in [0.2, 0.25) is 5.28 Å². The first-order valence-electron chi connectivity index (χ1n) is 7.02. The molecule has 0 amide bonds. The zero-order valence-corrected chi connectivity index (χ0v) is 14.2. The van der Waals surface area contributed by atoms with Gasteiger partial charge in [-0.3, -0.25) is 0 Å². The Morgan fingerprint density at radius 3 is 2.74 bits per heavy atom. The number of esters is 1. The predicted octanol–water partition coefficient (Wildman–Crippen LogP) is 4.29. The van der Waals surface area contributed by atoms with Crippen LogP contribution in [0.25, 0.3) is 10.2 Å². The number of anilines is 2. The molecule has 0 saturated heterocycles. The second-order valence-corrected chi connectivity index (χ2v) is 5.96. The summed E-state index contributed by atoms with van der Waals surface area (Å²) in [5, 5.41) is 2.53. The van der Waals surface area contributed by atoms with E-state index < -0.39 is 0 Å². The molecule has 0 aliphatic carbocycles. The van der Waals surface area contributed by atoms with E-state index in [2.05, 4.69) is 9.97 Å². The van der Waals surface area contributed by atoms with E-state index in [0.29, 0.717) is 28.2 Å². The fourth-order valence-corrected chi connectivity index (χ4v) is 3.39. The first kappa shape index (κ1) is 15.7. The highest BCUT2D eigenvalue weighted by Crippen LogP contribution is 2.35. The Kier molecular flexibility index (Phi) is 4.45. The van der Waals surface area contributed by atoms with E-state index in [1.807, 2.05) is 42.3 Å². The average Bonchev–Trinajstić information content (AvgIpc) is 2.98. The number of ether oxygens (including phenoxy) is 1. The number of nitrogens with zero attached hydrogens (tertiary/aromatic N) is 3. The molecule has 0 bridgehead atoms.